The van der Waals surface area contributed by atoms with Crippen molar-refractivity contribution in [2.24, 2.45) is 0 Å². The fourth-order valence-corrected chi connectivity index (χ4v) is 3.06. The van der Waals surface area contributed by atoms with Crippen molar-refractivity contribution < 1.29 is 4.92 Å². The molecule has 0 spiro atoms. The van der Waals surface area contributed by atoms with Gasteiger partial charge in [0.05, 0.1) is 17.3 Å². The lowest BCUT2D eigenvalue weighted by Gasteiger charge is -2.07. The lowest BCUT2D eigenvalue weighted by molar-refractivity contribution is -0.385. The Balaban J connectivity index is 1.63. The number of nitrogens with zero attached hydrogens (tertiary/aromatic N) is 3. The molecule has 0 aliphatic rings. The molecule has 0 saturated carbocycles. The molecule has 0 aliphatic carbocycles. The predicted molar refractivity (Wildman–Crippen MR) is 98.5 cm³/mol. The Bertz CT molecular complexity index is 858. The largest absolute Gasteiger partial charge is 0.364 e. The molecule has 3 aromatic rings. The molecule has 3 rings (SSSR count). The summed E-state index contributed by atoms with van der Waals surface area (Å²) in [5, 5.41) is 15.0. The van der Waals surface area contributed by atoms with E-state index in [4.69, 9.17) is 0 Å². The highest BCUT2D eigenvalue weighted by atomic mass is 32.2. The van der Waals surface area contributed by atoms with Crippen molar-refractivity contribution in [2.45, 2.75) is 17.3 Å². The van der Waals surface area contributed by atoms with Gasteiger partial charge in [-0.15, -0.1) is 11.8 Å². The number of hydrogen-bond acceptors (Lipinski definition) is 6. The third-order valence-electron chi connectivity index (χ3n) is 3.49. The van der Waals surface area contributed by atoms with Crippen LogP contribution in [0.15, 0.2) is 72.0 Å². The smallest absolute Gasteiger partial charge is 0.274 e. The van der Waals surface area contributed by atoms with Crippen molar-refractivity contribution in [1.29, 1.82) is 0 Å². The van der Waals surface area contributed by atoms with E-state index in [-0.39, 0.29) is 10.6 Å². The van der Waals surface area contributed by atoms with E-state index >= 15 is 0 Å². The lowest BCUT2D eigenvalue weighted by atomic mass is 10.2. The molecular formula is C18H16N4O2S. The van der Waals surface area contributed by atoms with Gasteiger partial charge in [0.25, 0.3) is 5.69 Å². The molecule has 126 valence electrons. The van der Waals surface area contributed by atoms with E-state index in [0.717, 1.165) is 10.8 Å². The maximum Gasteiger partial charge on any atom is 0.274 e. The Labute approximate surface area is 149 Å². The van der Waals surface area contributed by atoms with E-state index in [1.54, 1.807) is 42.4 Å². The molecule has 1 N–H and O–H groups in total. The molecule has 7 heteroatoms. The van der Waals surface area contributed by atoms with Gasteiger partial charge in [0.15, 0.2) is 0 Å². The molecule has 6 nitrogen and oxygen atoms in total. The average Bonchev–Trinajstić information content (AvgIpc) is 2.66. The van der Waals surface area contributed by atoms with E-state index in [1.807, 2.05) is 18.2 Å². The normalized spacial score (nSPS) is 10.4. The Hall–Kier alpha value is -2.93. The SMILES string of the molecule is O=[N+]([O-])c1ccccc1CNc1cncc(SCc2ccccc2)n1. The minimum absolute atomic E-state index is 0.0950. The second-order valence-electron chi connectivity index (χ2n) is 5.26. The van der Waals surface area contributed by atoms with Gasteiger partial charge in [0.2, 0.25) is 0 Å². The van der Waals surface area contributed by atoms with Crippen molar-refractivity contribution in [3.63, 3.8) is 0 Å². The molecule has 0 atom stereocenters. The van der Waals surface area contributed by atoms with Crippen molar-refractivity contribution in [2.75, 3.05) is 5.32 Å². The summed E-state index contributed by atoms with van der Waals surface area (Å²) in [4.78, 5) is 19.4. The van der Waals surface area contributed by atoms with E-state index < -0.39 is 0 Å². The molecule has 0 unspecified atom stereocenters. The molecule has 0 amide bonds. The molecule has 0 fully saturated rings. The molecule has 2 aromatic carbocycles. The molecule has 1 aromatic heterocycles. The first-order valence-corrected chi connectivity index (χ1v) is 8.66. The number of benzene rings is 2. The summed E-state index contributed by atoms with van der Waals surface area (Å²) in [6.45, 7) is 0.318. The number of anilines is 1. The first-order chi connectivity index (χ1) is 12.2. The minimum Gasteiger partial charge on any atom is -0.364 e. The molecule has 1 heterocycles. The lowest BCUT2D eigenvalue weighted by Crippen LogP contribution is -2.05. The second kappa shape index (κ2) is 8.25. The standard InChI is InChI=1S/C18H16N4O2S/c23-22(24)16-9-5-4-8-15(16)10-20-17-11-19-12-18(21-17)25-13-14-6-2-1-3-7-14/h1-9,11-12H,10,13H2,(H,20,21). The zero-order valence-electron chi connectivity index (χ0n) is 13.3. The number of nitrogens with one attached hydrogen (secondary N) is 1. The van der Waals surface area contributed by atoms with E-state index in [0.29, 0.717) is 17.9 Å². The van der Waals surface area contributed by atoms with Crippen LogP contribution >= 0.6 is 11.8 Å². The van der Waals surface area contributed by atoms with Gasteiger partial charge in [-0.2, -0.15) is 0 Å². The number of thioether (sulfide) groups is 1. The van der Waals surface area contributed by atoms with Gasteiger partial charge in [-0.3, -0.25) is 15.1 Å². The van der Waals surface area contributed by atoms with Crippen molar-refractivity contribution in [3.8, 4) is 0 Å². The number of nitro benzene ring substituents is 1. The highest BCUT2D eigenvalue weighted by Gasteiger charge is 2.12. The average molecular weight is 352 g/mol. The molecule has 25 heavy (non-hydrogen) atoms. The summed E-state index contributed by atoms with van der Waals surface area (Å²) in [5.74, 6) is 1.40. The maximum atomic E-state index is 11.1. The van der Waals surface area contributed by atoms with Crippen LogP contribution in [0.5, 0.6) is 0 Å². The van der Waals surface area contributed by atoms with Crippen LogP contribution in [0.25, 0.3) is 0 Å². The molecular weight excluding hydrogens is 336 g/mol. The van der Waals surface area contributed by atoms with Gasteiger partial charge in [-0.1, -0.05) is 48.5 Å². The van der Waals surface area contributed by atoms with Crippen LogP contribution in [0, 0.1) is 10.1 Å². The van der Waals surface area contributed by atoms with Crippen LogP contribution in [-0.4, -0.2) is 14.9 Å². The number of para-hydroxylation sites is 1. The molecule has 0 saturated heterocycles. The third-order valence-corrected chi connectivity index (χ3v) is 4.46. The van der Waals surface area contributed by atoms with Gasteiger partial charge in [0, 0.05) is 23.9 Å². The first kappa shape index (κ1) is 16.9. The fourth-order valence-electron chi connectivity index (χ4n) is 2.26. The zero-order valence-corrected chi connectivity index (χ0v) is 14.1. The highest BCUT2D eigenvalue weighted by Crippen LogP contribution is 2.22. The summed E-state index contributed by atoms with van der Waals surface area (Å²) in [5.41, 5.74) is 1.92. The van der Waals surface area contributed by atoms with Crippen LogP contribution in [0.1, 0.15) is 11.1 Å². The Morgan fingerprint density at radius 3 is 2.60 bits per heavy atom. The molecule has 0 radical (unpaired) electrons. The van der Waals surface area contributed by atoms with Crippen LogP contribution in [0.2, 0.25) is 0 Å². The Kier molecular flexibility index (Phi) is 5.58. The van der Waals surface area contributed by atoms with Gasteiger partial charge in [0.1, 0.15) is 10.8 Å². The number of aromatic nitrogens is 2. The number of nitro groups is 1. The zero-order chi connectivity index (χ0) is 17.5. The van der Waals surface area contributed by atoms with E-state index in [1.165, 1.54) is 11.6 Å². The summed E-state index contributed by atoms with van der Waals surface area (Å²) in [6, 6.07) is 16.8. The van der Waals surface area contributed by atoms with Crippen LogP contribution in [0.3, 0.4) is 0 Å². The summed E-state index contributed by atoms with van der Waals surface area (Å²) in [7, 11) is 0. The maximum absolute atomic E-state index is 11.1. The quantitative estimate of drug-likeness (QED) is 0.388. The molecule has 0 bridgehead atoms. The van der Waals surface area contributed by atoms with Crippen LogP contribution in [0.4, 0.5) is 11.5 Å². The van der Waals surface area contributed by atoms with Crippen molar-refractivity contribution >= 4 is 23.3 Å². The van der Waals surface area contributed by atoms with Crippen LogP contribution in [-0.2, 0) is 12.3 Å². The number of hydrogen-bond donors (Lipinski definition) is 1. The number of rotatable bonds is 7. The van der Waals surface area contributed by atoms with Crippen molar-refractivity contribution in [3.05, 3.63) is 88.2 Å². The van der Waals surface area contributed by atoms with Gasteiger partial charge < -0.3 is 5.32 Å². The minimum atomic E-state index is -0.380. The summed E-state index contributed by atoms with van der Waals surface area (Å²) < 4.78 is 0. The van der Waals surface area contributed by atoms with E-state index in [2.05, 4.69) is 27.4 Å². The van der Waals surface area contributed by atoms with Crippen molar-refractivity contribution in [1.82, 2.24) is 9.97 Å². The summed E-state index contributed by atoms with van der Waals surface area (Å²) >= 11 is 1.60. The summed E-state index contributed by atoms with van der Waals surface area (Å²) in [6.07, 6.45) is 3.32. The first-order valence-electron chi connectivity index (χ1n) is 7.67. The van der Waals surface area contributed by atoms with E-state index in [9.17, 15) is 10.1 Å². The van der Waals surface area contributed by atoms with Gasteiger partial charge in [-0.25, -0.2) is 4.98 Å². The Morgan fingerprint density at radius 2 is 1.80 bits per heavy atom. The molecule has 0 aliphatic heterocycles. The van der Waals surface area contributed by atoms with Crippen LogP contribution < -0.4 is 5.32 Å². The Morgan fingerprint density at radius 1 is 1.04 bits per heavy atom. The van der Waals surface area contributed by atoms with Gasteiger partial charge in [-0.05, 0) is 5.56 Å². The second-order valence-corrected chi connectivity index (χ2v) is 6.25. The monoisotopic (exact) mass is 352 g/mol. The van der Waals surface area contributed by atoms with Gasteiger partial charge >= 0.3 is 0 Å². The highest BCUT2D eigenvalue weighted by molar-refractivity contribution is 7.98. The fraction of sp³-hybridized carbons (Fsp3) is 0.111. The predicted octanol–water partition coefficient (Wildman–Crippen LogP) is 4.29. The third kappa shape index (κ3) is 4.77. The topological polar surface area (TPSA) is 81.0 Å².